The second-order valence-corrected chi connectivity index (χ2v) is 5.05. The lowest BCUT2D eigenvalue weighted by molar-refractivity contribution is 0.597. The third kappa shape index (κ3) is 3.46. The Labute approximate surface area is 94.5 Å². The first kappa shape index (κ1) is 12.4. The molecule has 4 nitrogen and oxygen atoms in total. The van der Waals surface area contributed by atoms with E-state index in [0.29, 0.717) is 11.6 Å². The van der Waals surface area contributed by atoms with E-state index in [4.69, 9.17) is 16.7 Å². The first-order chi connectivity index (χ1) is 6.95. The highest BCUT2D eigenvalue weighted by Crippen LogP contribution is 2.19. The molecule has 0 aromatic heterocycles. The van der Waals surface area contributed by atoms with Gasteiger partial charge in [0.1, 0.15) is 0 Å². The molecule has 0 radical (unpaired) electrons. The van der Waals surface area contributed by atoms with Gasteiger partial charge in [-0.2, -0.15) is 0 Å². The van der Waals surface area contributed by atoms with Crippen LogP contribution in [0.4, 0.5) is 0 Å². The van der Waals surface area contributed by atoms with Crippen LogP contribution in [0, 0.1) is 0 Å². The predicted octanol–water partition coefficient (Wildman–Crippen LogP) is 1.10. The molecule has 0 heterocycles. The van der Waals surface area contributed by atoms with Crippen LogP contribution < -0.4 is 10.5 Å². The first-order valence-electron chi connectivity index (χ1n) is 4.47. The maximum Gasteiger partial charge on any atom is 0.238 e. The number of sulfonamides is 1. The molecule has 0 fully saturated rings. The Hall–Kier alpha value is -0.620. The zero-order valence-corrected chi connectivity index (χ0v) is 9.90. The summed E-state index contributed by atoms with van der Waals surface area (Å²) >= 11 is 5.91. The SMILES string of the molecule is CCNCc1cc(S(N)(=O)=O)ccc1Cl. The van der Waals surface area contributed by atoms with Gasteiger partial charge in [0.05, 0.1) is 4.90 Å². The van der Waals surface area contributed by atoms with Gasteiger partial charge in [-0.1, -0.05) is 18.5 Å². The van der Waals surface area contributed by atoms with Crippen LogP contribution in [0.1, 0.15) is 12.5 Å². The van der Waals surface area contributed by atoms with Crippen molar-refractivity contribution in [2.45, 2.75) is 18.4 Å². The summed E-state index contributed by atoms with van der Waals surface area (Å²) in [6.45, 7) is 3.27. The van der Waals surface area contributed by atoms with Crippen LogP contribution in [0.25, 0.3) is 0 Å². The normalized spacial score (nSPS) is 11.7. The van der Waals surface area contributed by atoms with Crippen molar-refractivity contribution >= 4 is 21.6 Å². The Balaban J connectivity index is 3.06. The van der Waals surface area contributed by atoms with E-state index in [1.54, 1.807) is 0 Å². The van der Waals surface area contributed by atoms with Crippen LogP contribution in [0.2, 0.25) is 5.02 Å². The van der Waals surface area contributed by atoms with E-state index in [9.17, 15) is 8.42 Å². The van der Waals surface area contributed by atoms with Gasteiger partial charge in [0.15, 0.2) is 0 Å². The topological polar surface area (TPSA) is 72.2 Å². The Bertz CT molecular complexity index is 445. The van der Waals surface area contributed by atoms with Crippen LogP contribution in [0.3, 0.4) is 0 Å². The third-order valence-corrected chi connectivity index (χ3v) is 3.19. The molecule has 0 bridgehead atoms. The molecular formula is C9H13ClN2O2S. The molecule has 3 N–H and O–H groups in total. The lowest BCUT2D eigenvalue weighted by Crippen LogP contribution is -2.15. The number of hydrogen-bond donors (Lipinski definition) is 2. The molecule has 0 atom stereocenters. The molecule has 0 saturated heterocycles. The number of hydrogen-bond acceptors (Lipinski definition) is 3. The lowest BCUT2D eigenvalue weighted by Gasteiger charge is -2.06. The maximum atomic E-state index is 11.1. The summed E-state index contributed by atoms with van der Waals surface area (Å²) in [6, 6.07) is 4.42. The Morgan fingerprint density at radius 2 is 2.13 bits per heavy atom. The molecular weight excluding hydrogens is 236 g/mol. The molecule has 0 amide bonds. The number of primary sulfonamides is 1. The van der Waals surface area contributed by atoms with E-state index in [-0.39, 0.29) is 4.90 Å². The quantitative estimate of drug-likeness (QED) is 0.838. The molecule has 1 rings (SSSR count). The van der Waals surface area contributed by atoms with Gasteiger partial charge in [-0.25, -0.2) is 13.6 Å². The van der Waals surface area contributed by atoms with Crippen molar-refractivity contribution in [1.82, 2.24) is 5.32 Å². The van der Waals surface area contributed by atoms with Gasteiger partial charge in [-0.15, -0.1) is 0 Å². The molecule has 0 aliphatic carbocycles. The zero-order valence-electron chi connectivity index (χ0n) is 8.33. The summed E-state index contributed by atoms with van der Waals surface area (Å²) in [4.78, 5) is 0.0832. The lowest BCUT2D eigenvalue weighted by atomic mass is 10.2. The summed E-state index contributed by atoms with van der Waals surface area (Å²) in [7, 11) is -3.65. The van der Waals surface area contributed by atoms with Gasteiger partial charge in [0.2, 0.25) is 10.0 Å². The highest BCUT2D eigenvalue weighted by Gasteiger charge is 2.10. The van der Waals surface area contributed by atoms with Crippen LogP contribution in [0.5, 0.6) is 0 Å². The van der Waals surface area contributed by atoms with Gasteiger partial charge >= 0.3 is 0 Å². The van der Waals surface area contributed by atoms with Crippen molar-refractivity contribution in [2.75, 3.05) is 6.54 Å². The molecule has 0 unspecified atom stereocenters. The van der Waals surface area contributed by atoms with Crippen molar-refractivity contribution in [3.05, 3.63) is 28.8 Å². The molecule has 6 heteroatoms. The molecule has 0 aliphatic heterocycles. The van der Waals surface area contributed by atoms with Gasteiger partial charge in [0.25, 0.3) is 0 Å². The highest BCUT2D eigenvalue weighted by atomic mass is 35.5. The van der Waals surface area contributed by atoms with E-state index < -0.39 is 10.0 Å². The number of nitrogens with two attached hydrogens (primary N) is 1. The Kier molecular flexibility index (Phi) is 4.10. The summed E-state index contributed by atoms with van der Waals surface area (Å²) in [5.41, 5.74) is 0.727. The van der Waals surface area contributed by atoms with E-state index in [2.05, 4.69) is 5.32 Å². The van der Waals surface area contributed by atoms with Gasteiger partial charge in [-0.3, -0.25) is 0 Å². The average Bonchev–Trinajstić information content (AvgIpc) is 2.15. The van der Waals surface area contributed by atoms with E-state index >= 15 is 0 Å². The summed E-state index contributed by atoms with van der Waals surface area (Å²) < 4.78 is 22.2. The molecule has 0 spiro atoms. The second-order valence-electron chi connectivity index (χ2n) is 3.08. The Morgan fingerprint density at radius 1 is 1.47 bits per heavy atom. The monoisotopic (exact) mass is 248 g/mol. The molecule has 84 valence electrons. The van der Waals surface area contributed by atoms with E-state index in [1.807, 2.05) is 6.92 Å². The van der Waals surface area contributed by atoms with Crippen LogP contribution in [0.15, 0.2) is 23.1 Å². The van der Waals surface area contributed by atoms with Crippen LogP contribution in [-0.4, -0.2) is 15.0 Å². The van der Waals surface area contributed by atoms with E-state index in [0.717, 1.165) is 12.1 Å². The standard InChI is InChI=1S/C9H13ClN2O2S/c1-2-12-6-7-5-8(15(11,13)14)3-4-9(7)10/h3-5,12H,2,6H2,1H3,(H2,11,13,14). The molecule has 0 aliphatic rings. The Morgan fingerprint density at radius 3 is 2.67 bits per heavy atom. The van der Waals surface area contributed by atoms with Crippen molar-refractivity contribution < 1.29 is 8.42 Å². The van der Waals surface area contributed by atoms with Crippen molar-refractivity contribution in [1.29, 1.82) is 0 Å². The van der Waals surface area contributed by atoms with Gasteiger partial charge < -0.3 is 5.32 Å². The molecule has 1 aromatic rings. The maximum absolute atomic E-state index is 11.1. The van der Waals surface area contributed by atoms with Crippen LogP contribution >= 0.6 is 11.6 Å². The first-order valence-corrected chi connectivity index (χ1v) is 6.39. The van der Waals surface area contributed by atoms with Crippen molar-refractivity contribution in [2.24, 2.45) is 5.14 Å². The summed E-state index contributed by atoms with van der Waals surface area (Å²) in [6.07, 6.45) is 0. The van der Waals surface area contributed by atoms with Gasteiger partial charge in [-0.05, 0) is 30.3 Å². The van der Waals surface area contributed by atoms with Crippen molar-refractivity contribution in [3.63, 3.8) is 0 Å². The smallest absolute Gasteiger partial charge is 0.238 e. The number of nitrogens with one attached hydrogen (secondary N) is 1. The average molecular weight is 249 g/mol. The van der Waals surface area contributed by atoms with Gasteiger partial charge in [0, 0.05) is 11.6 Å². The van der Waals surface area contributed by atoms with E-state index in [1.165, 1.54) is 18.2 Å². The van der Waals surface area contributed by atoms with Crippen molar-refractivity contribution in [3.8, 4) is 0 Å². The summed E-state index contributed by atoms with van der Waals surface area (Å²) in [5, 5.41) is 8.61. The minimum atomic E-state index is -3.65. The zero-order chi connectivity index (χ0) is 11.5. The predicted molar refractivity (Wildman–Crippen MR) is 60.2 cm³/mol. The fraction of sp³-hybridized carbons (Fsp3) is 0.333. The second kappa shape index (κ2) is 4.94. The third-order valence-electron chi connectivity index (χ3n) is 1.91. The summed E-state index contributed by atoms with van der Waals surface area (Å²) in [5.74, 6) is 0. The molecule has 0 saturated carbocycles. The minimum absolute atomic E-state index is 0.0832. The number of rotatable bonds is 4. The minimum Gasteiger partial charge on any atom is -0.313 e. The number of halogens is 1. The largest absolute Gasteiger partial charge is 0.313 e. The fourth-order valence-corrected chi connectivity index (χ4v) is 1.87. The highest BCUT2D eigenvalue weighted by molar-refractivity contribution is 7.89. The molecule has 15 heavy (non-hydrogen) atoms. The number of benzene rings is 1. The fourth-order valence-electron chi connectivity index (χ4n) is 1.12. The molecule has 1 aromatic carbocycles. The van der Waals surface area contributed by atoms with Crippen LogP contribution in [-0.2, 0) is 16.6 Å².